The molecule has 4 rings (SSSR count). The Morgan fingerprint density at radius 3 is 2.60 bits per heavy atom. The summed E-state index contributed by atoms with van der Waals surface area (Å²) in [5.74, 6) is -3.41. The number of esters is 1. The summed E-state index contributed by atoms with van der Waals surface area (Å²) in [7, 11) is 0. The van der Waals surface area contributed by atoms with Crippen molar-refractivity contribution < 1.29 is 23.4 Å². The van der Waals surface area contributed by atoms with Crippen molar-refractivity contribution in [2.75, 3.05) is 6.61 Å². The topological polar surface area (TPSA) is 96.7 Å². The van der Waals surface area contributed by atoms with Crippen LogP contribution >= 0.6 is 0 Å². The Morgan fingerprint density at radius 1 is 1.20 bits per heavy atom. The van der Waals surface area contributed by atoms with E-state index in [1.807, 2.05) is 0 Å². The van der Waals surface area contributed by atoms with Crippen molar-refractivity contribution in [3.8, 4) is 28.3 Å². The highest BCUT2D eigenvalue weighted by Crippen LogP contribution is 2.36. The number of nitrogens with one attached hydrogen (secondary N) is 1. The van der Waals surface area contributed by atoms with E-state index in [0.717, 1.165) is 10.6 Å². The quantitative estimate of drug-likeness (QED) is 0.501. The number of aromatic hydroxyl groups is 1. The van der Waals surface area contributed by atoms with Crippen LogP contribution in [0.25, 0.3) is 28.0 Å². The van der Waals surface area contributed by atoms with E-state index in [0.29, 0.717) is 11.6 Å². The highest BCUT2D eigenvalue weighted by atomic mass is 19.1. The van der Waals surface area contributed by atoms with Gasteiger partial charge in [-0.1, -0.05) is 30.3 Å². The Kier molecular flexibility index (Phi) is 4.78. The zero-order valence-corrected chi connectivity index (χ0v) is 15.6. The number of aromatic amines is 1. The molecule has 152 valence electrons. The smallest absolute Gasteiger partial charge is 0.349 e. The predicted molar refractivity (Wildman–Crippen MR) is 104 cm³/mol. The molecule has 7 nitrogen and oxygen atoms in total. The summed E-state index contributed by atoms with van der Waals surface area (Å²) in [6.07, 6.45) is 0. The third-order valence-electron chi connectivity index (χ3n) is 4.49. The van der Waals surface area contributed by atoms with E-state index in [4.69, 9.17) is 4.74 Å². The minimum absolute atomic E-state index is 0.00381. The second-order valence-electron chi connectivity index (χ2n) is 6.35. The van der Waals surface area contributed by atoms with Gasteiger partial charge in [0.2, 0.25) is 5.88 Å². The summed E-state index contributed by atoms with van der Waals surface area (Å²) < 4.78 is 33.8. The first-order valence-corrected chi connectivity index (χ1v) is 8.98. The van der Waals surface area contributed by atoms with Gasteiger partial charge in [0.15, 0.2) is 5.56 Å². The number of aromatic nitrogens is 3. The third-order valence-corrected chi connectivity index (χ3v) is 4.49. The fraction of sp³-hybridized carbons (Fsp3) is 0.0952. The Bertz CT molecular complexity index is 1330. The first-order valence-electron chi connectivity index (χ1n) is 8.98. The maximum Gasteiger partial charge on any atom is 0.349 e. The van der Waals surface area contributed by atoms with Crippen LogP contribution in [-0.4, -0.2) is 32.3 Å². The normalized spacial score (nSPS) is 11.0. The van der Waals surface area contributed by atoms with Crippen LogP contribution in [0.1, 0.15) is 17.3 Å². The first-order chi connectivity index (χ1) is 14.4. The molecule has 0 bridgehead atoms. The van der Waals surface area contributed by atoms with E-state index in [1.165, 1.54) is 6.07 Å². The zero-order chi connectivity index (χ0) is 21.4. The van der Waals surface area contributed by atoms with E-state index in [1.54, 1.807) is 37.3 Å². The number of carbonyl (C=O) groups excluding carboxylic acids is 1. The minimum atomic E-state index is -1.02. The fourth-order valence-electron chi connectivity index (χ4n) is 3.19. The molecule has 2 N–H and O–H groups in total. The van der Waals surface area contributed by atoms with Gasteiger partial charge in [-0.15, -0.1) is 0 Å². The van der Waals surface area contributed by atoms with Gasteiger partial charge in [0, 0.05) is 17.2 Å². The van der Waals surface area contributed by atoms with Crippen molar-refractivity contribution >= 4 is 11.6 Å². The summed E-state index contributed by atoms with van der Waals surface area (Å²) in [4.78, 5) is 27.5. The molecule has 0 amide bonds. The lowest BCUT2D eigenvalue weighted by Crippen LogP contribution is -2.25. The number of H-pyrrole nitrogens is 1. The monoisotopic (exact) mass is 411 g/mol. The molecular formula is C21H15F2N3O4. The lowest BCUT2D eigenvalue weighted by molar-refractivity contribution is 0.0519. The molecule has 0 saturated heterocycles. The Balaban J connectivity index is 2.10. The van der Waals surface area contributed by atoms with E-state index in [9.17, 15) is 23.5 Å². The zero-order valence-electron chi connectivity index (χ0n) is 15.6. The van der Waals surface area contributed by atoms with Crippen molar-refractivity contribution in [1.29, 1.82) is 0 Å². The van der Waals surface area contributed by atoms with Crippen molar-refractivity contribution in [2.45, 2.75) is 6.92 Å². The minimum Gasteiger partial charge on any atom is -0.494 e. The SMILES string of the molecule is CCOC(=O)c1c(O)[nH]c2c(-c3ccc(F)cc3F)c(-c3ccccc3)nn2c1=O. The average molecular weight is 411 g/mol. The molecule has 0 unspecified atom stereocenters. The second kappa shape index (κ2) is 7.43. The number of nitrogens with zero attached hydrogens (tertiary/aromatic N) is 2. The fourth-order valence-corrected chi connectivity index (χ4v) is 3.19. The van der Waals surface area contributed by atoms with Crippen LogP contribution in [0, 0.1) is 11.6 Å². The van der Waals surface area contributed by atoms with Gasteiger partial charge in [-0.3, -0.25) is 4.79 Å². The Morgan fingerprint density at radius 2 is 1.93 bits per heavy atom. The molecule has 0 saturated carbocycles. The van der Waals surface area contributed by atoms with Gasteiger partial charge < -0.3 is 14.8 Å². The molecule has 0 atom stereocenters. The van der Waals surface area contributed by atoms with Crippen LogP contribution in [0.2, 0.25) is 0 Å². The maximum atomic E-state index is 14.6. The van der Waals surface area contributed by atoms with Crippen LogP contribution in [-0.2, 0) is 4.74 Å². The lowest BCUT2D eigenvalue weighted by atomic mass is 10.0. The standard InChI is InChI=1S/C21H15F2N3O4/c1-2-30-21(29)16-19(27)24-18-15(13-9-8-12(22)10-14(13)23)17(25-26(18)20(16)28)11-6-4-3-5-7-11/h3-10,24,27H,2H2,1H3. The van der Waals surface area contributed by atoms with E-state index in [2.05, 4.69) is 10.1 Å². The van der Waals surface area contributed by atoms with Gasteiger partial charge >= 0.3 is 5.97 Å². The van der Waals surface area contributed by atoms with E-state index >= 15 is 0 Å². The van der Waals surface area contributed by atoms with Gasteiger partial charge in [0.1, 0.15) is 23.0 Å². The molecule has 0 aliphatic rings. The van der Waals surface area contributed by atoms with Gasteiger partial charge in [-0.2, -0.15) is 9.61 Å². The van der Waals surface area contributed by atoms with Crippen molar-refractivity contribution in [2.24, 2.45) is 0 Å². The molecule has 2 heterocycles. The number of ether oxygens (including phenoxy) is 1. The van der Waals surface area contributed by atoms with Gasteiger partial charge in [0.05, 0.1) is 12.2 Å². The number of fused-ring (bicyclic) bond motifs is 1. The number of hydrogen-bond acceptors (Lipinski definition) is 5. The van der Waals surface area contributed by atoms with Crippen LogP contribution in [0.5, 0.6) is 5.88 Å². The van der Waals surface area contributed by atoms with Crippen LogP contribution in [0.4, 0.5) is 8.78 Å². The first kappa shape index (κ1) is 19.3. The Hall–Kier alpha value is -4.01. The summed E-state index contributed by atoms with van der Waals surface area (Å²) in [6.45, 7) is 1.55. The van der Waals surface area contributed by atoms with Crippen LogP contribution in [0.3, 0.4) is 0 Å². The molecule has 4 aromatic rings. The highest BCUT2D eigenvalue weighted by molar-refractivity contribution is 5.94. The van der Waals surface area contributed by atoms with Gasteiger partial charge in [0.25, 0.3) is 5.56 Å². The number of carbonyl (C=O) groups is 1. The summed E-state index contributed by atoms with van der Waals surface area (Å²) in [6, 6.07) is 11.6. The Labute approximate surface area is 168 Å². The maximum absolute atomic E-state index is 14.6. The molecule has 0 aliphatic carbocycles. The third kappa shape index (κ3) is 3.10. The second-order valence-corrected chi connectivity index (χ2v) is 6.35. The van der Waals surface area contributed by atoms with E-state index < -0.39 is 34.6 Å². The van der Waals surface area contributed by atoms with Crippen LogP contribution in [0.15, 0.2) is 53.3 Å². The predicted octanol–water partition coefficient (Wildman–Crippen LogP) is 3.52. The number of hydrogen-bond donors (Lipinski definition) is 2. The van der Waals surface area contributed by atoms with Crippen molar-refractivity contribution in [3.63, 3.8) is 0 Å². The molecule has 0 fully saturated rings. The average Bonchev–Trinajstić information content (AvgIpc) is 3.08. The number of benzene rings is 2. The van der Waals surface area contributed by atoms with Crippen molar-refractivity contribution in [1.82, 2.24) is 14.6 Å². The van der Waals surface area contributed by atoms with Crippen LogP contribution < -0.4 is 5.56 Å². The summed E-state index contributed by atoms with van der Waals surface area (Å²) >= 11 is 0. The molecule has 0 spiro atoms. The molecule has 30 heavy (non-hydrogen) atoms. The lowest BCUT2D eigenvalue weighted by Gasteiger charge is -2.07. The molecule has 0 aliphatic heterocycles. The molecule has 0 radical (unpaired) electrons. The summed E-state index contributed by atoms with van der Waals surface area (Å²) in [5.41, 5.74) is -0.788. The largest absolute Gasteiger partial charge is 0.494 e. The highest BCUT2D eigenvalue weighted by Gasteiger charge is 2.26. The molecule has 2 aromatic carbocycles. The van der Waals surface area contributed by atoms with Crippen molar-refractivity contribution in [3.05, 3.63) is 76.1 Å². The molecule has 2 aromatic heterocycles. The number of rotatable bonds is 4. The molecular weight excluding hydrogens is 396 g/mol. The van der Waals surface area contributed by atoms with E-state index in [-0.39, 0.29) is 29.1 Å². The molecule has 9 heteroatoms. The van der Waals surface area contributed by atoms with Gasteiger partial charge in [-0.25, -0.2) is 13.6 Å². The van der Waals surface area contributed by atoms with Gasteiger partial charge in [-0.05, 0) is 19.1 Å². The number of halogens is 2. The summed E-state index contributed by atoms with van der Waals surface area (Å²) in [5, 5.41) is 14.6.